The van der Waals surface area contributed by atoms with Gasteiger partial charge in [-0.3, -0.25) is 4.99 Å². The highest BCUT2D eigenvalue weighted by Gasteiger charge is 2.24. The molecule has 1 unspecified atom stereocenters. The second-order valence-corrected chi connectivity index (χ2v) is 5.25. The topological polar surface area (TPSA) is 55.3 Å². The summed E-state index contributed by atoms with van der Waals surface area (Å²) < 4.78 is 15.7. The van der Waals surface area contributed by atoms with E-state index in [1.165, 1.54) is 0 Å². The molecule has 0 radical (unpaired) electrons. The van der Waals surface area contributed by atoms with Gasteiger partial charge in [0.25, 0.3) is 0 Å². The maximum absolute atomic E-state index is 5.63. The summed E-state index contributed by atoms with van der Waals surface area (Å²) in [5.74, 6) is 1.61. The molecule has 6 heteroatoms. The first-order valence-electron chi connectivity index (χ1n) is 7.90. The van der Waals surface area contributed by atoms with Crippen molar-refractivity contribution >= 4 is 5.96 Å². The minimum absolute atomic E-state index is 0.588. The number of nitrogens with one attached hydrogen (secondary N) is 1. The molecule has 0 aromatic carbocycles. The molecule has 6 nitrogen and oxygen atoms in total. The third kappa shape index (κ3) is 7.64. The number of rotatable bonds is 10. The van der Waals surface area contributed by atoms with E-state index in [1.54, 1.807) is 14.2 Å². The van der Waals surface area contributed by atoms with E-state index >= 15 is 0 Å². The zero-order valence-electron chi connectivity index (χ0n) is 13.8. The highest BCUT2D eigenvalue weighted by atomic mass is 16.5. The summed E-state index contributed by atoms with van der Waals surface area (Å²) in [5.41, 5.74) is 0. The van der Waals surface area contributed by atoms with Gasteiger partial charge in [0.05, 0.1) is 19.8 Å². The van der Waals surface area contributed by atoms with Crippen LogP contribution in [0.2, 0.25) is 0 Å². The summed E-state index contributed by atoms with van der Waals surface area (Å²) in [6.45, 7) is 8.79. The fourth-order valence-electron chi connectivity index (χ4n) is 2.37. The van der Waals surface area contributed by atoms with Crippen molar-refractivity contribution in [3.05, 3.63) is 0 Å². The molecule has 0 aromatic heterocycles. The Balaban J connectivity index is 2.31. The first kappa shape index (κ1) is 18.2. The molecule has 0 saturated carbocycles. The van der Waals surface area contributed by atoms with Gasteiger partial charge in [-0.25, -0.2) is 0 Å². The molecule has 1 heterocycles. The second kappa shape index (κ2) is 11.8. The van der Waals surface area contributed by atoms with Gasteiger partial charge in [0.1, 0.15) is 0 Å². The molecule has 1 rings (SSSR count). The van der Waals surface area contributed by atoms with Gasteiger partial charge in [-0.15, -0.1) is 0 Å². The zero-order valence-corrected chi connectivity index (χ0v) is 13.8. The Morgan fingerprint density at radius 2 is 2.05 bits per heavy atom. The maximum atomic E-state index is 5.63. The number of guanidine groups is 1. The Labute approximate surface area is 128 Å². The summed E-state index contributed by atoms with van der Waals surface area (Å²) in [4.78, 5) is 7.00. The molecule has 124 valence electrons. The van der Waals surface area contributed by atoms with E-state index < -0.39 is 0 Å². The van der Waals surface area contributed by atoms with E-state index in [-0.39, 0.29) is 0 Å². The van der Waals surface area contributed by atoms with Crippen molar-refractivity contribution in [3.63, 3.8) is 0 Å². The normalized spacial score (nSPS) is 19.3. The quantitative estimate of drug-likeness (QED) is 0.370. The third-order valence-electron chi connectivity index (χ3n) is 3.47. The Kier molecular flexibility index (Phi) is 10.2. The summed E-state index contributed by atoms with van der Waals surface area (Å²) in [6.07, 6.45) is 2.12. The molecule has 1 saturated heterocycles. The molecule has 0 spiro atoms. The van der Waals surface area contributed by atoms with E-state index in [9.17, 15) is 0 Å². The number of methoxy groups -OCH3 is 2. The maximum Gasteiger partial charge on any atom is 0.193 e. The van der Waals surface area contributed by atoms with Gasteiger partial charge in [0.2, 0.25) is 0 Å². The van der Waals surface area contributed by atoms with Crippen LogP contribution in [0, 0.1) is 5.92 Å². The van der Waals surface area contributed by atoms with Crippen LogP contribution >= 0.6 is 0 Å². The molecule has 0 bridgehead atoms. The Morgan fingerprint density at radius 1 is 1.24 bits per heavy atom. The third-order valence-corrected chi connectivity index (χ3v) is 3.47. The number of ether oxygens (including phenoxy) is 3. The van der Waals surface area contributed by atoms with Crippen LogP contribution < -0.4 is 5.32 Å². The van der Waals surface area contributed by atoms with E-state index in [0.717, 1.165) is 58.2 Å². The van der Waals surface area contributed by atoms with Gasteiger partial charge < -0.3 is 24.4 Å². The average Bonchev–Trinajstić information content (AvgIpc) is 2.96. The van der Waals surface area contributed by atoms with Gasteiger partial charge in [-0.2, -0.15) is 0 Å². The van der Waals surface area contributed by atoms with Gasteiger partial charge in [0, 0.05) is 52.9 Å². The highest BCUT2D eigenvalue weighted by Crippen LogP contribution is 2.16. The van der Waals surface area contributed by atoms with Crippen LogP contribution in [0.1, 0.15) is 19.8 Å². The molecule has 1 aliphatic rings. The van der Waals surface area contributed by atoms with Crippen molar-refractivity contribution in [2.75, 3.05) is 66.8 Å². The SMILES string of the molecule is CCNC(=NCCCOC)N1CCC(COCCOC)C1. The van der Waals surface area contributed by atoms with Crippen LogP contribution in [-0.4, -0.2) is 77.7 Å². The van der Waals surface area contributed by atoms with Gasteiger partial charge in [-0.05, 0) is 19.8 Å². The fraction of sp³-hybridized carbons (Fsp3) is 0.933. The van der Waals surface area contributed by atoms with Gasteiger partial charge in [-0.1, -0.05) is 0 Å². The molecule has 1 aliphatic heterocycles. The predicted octanol–water partition coefficient (Wildman–Crippen LogP) is 0.973. The summed E-state index contributed by atoms with van der Waals surface area (Å²) >= 11 is 0. The van der Waals surface area contributed by atoms with Gasteiger partial charge >= 0.3 is 0 Å². The van der Waals surface area contributed by atoms with Crippen molar-refractivity contribution in [2.24, 2.45) is 10.9 Å². The second-order valence-electron chi connectivity index (χ2n) is 5.25. The molecule has 1 fully saturated rings. The Morgan fingerprint density at radius 3 is 2.76 bits per heavy atom. The summed E-state index contributed by atoms with van der Waals surface area (Å²) in [5, 5.41) is 3.37. The van der Waals surface area contributed by atoms with E-state index in [0.29, 0.717) is 19.1 Å². The average molecular weight is 301 g/mol. The van der Waals surface area contributed by atoms with Crippen molar-refractivity contribution < 1.29 is 14.2 Å². The minimum Gasteiger partial charge on any atom is -0.385 e. The van der Waals surface area contributed by atoms with Crippen molar-refractivity contribution in [2.45, 2.75) is 19.8 Å². The smallest absolute Gasteiger partial charge is 0.193 e. The molecular formula is C15H31N3O3. The number of hydrogen-bond acceptors (Lipinski definition) is 4. The molecule has 0 amide bonds. The lowest BCUT2D eigenvalue weighted by atomic mass is 10.1. The van der Waals surface area contributed by atoms with Crippen LogP contribution in [0.15, 0.2) is 4.99 Å². The lowest BCUT2D eigenvalue weighted by Gasteiger charge is -2.21. The Hall–Kier alpha value is -0.850. The van der Waals surface area contributed by atoms with Crippen molar-refractivity contribution in [3.8, 4) is 0 Å². The van der Waals surface area contributed by atoms with Crippen LogP contribution in [0.3, 0.4) is 0 Å². The predicted molar refractivity (Wildman–Crippen MR) is 84.8 cm³/mol. The standard InChI is InChI=1S/C15H31N3O3/c1-4-16-15(17-7-5-9-19-2)18-8-6-14(12-18)13-21-11-10-20-3/h14H,4-13H2,1-3H3,(H,16,17). The number of likely N-dealkylation sites (tertiary alicyclic amines) is 1. The van der Waals surface area contributed by atoms with E-state index in [1.807, 2.05) is 0 Å². The van der Waals surface area contributed by atoms with Crippen LogP contribution in [-0.2, 0) is 14.2 Å². The highest BCUT2D eigenvalue weighted by molar-refractivity contribution is 5.80. The lowest BCUT2D eigenvalue weighted by Crippen LogP contribution is -2.40. The van der Waals surface area contributed by atoms with Crippen molar-refractivity contribution in [1.29, 1.82) is 0 Å². The lowest BCUT2D eigenvalue weighted by molar-refractivity contribution is 0.0536. The molecule has 0 aliphatic carbocycles. The molecule has 0 aromatic rings. The summed E-state index contributed by atoms with van der Waals surface area (Å²) in [7, 11) is 3.42. The Bertz CT molecular complexity index is 287. The number of aliphatic imine (C=N–C) groups is 1. The van der Waals surface area contributed by atoms with Crippen LogP contribution in [0.5, 0.6) is 0 Å². The first-order valence-corrected chi connectivity index (χ1v) is 7.90. The fourth-order valence-corrected chi connectivity index (χ4v) is 2.37. The molecule has 21 heavy (non-hydrogen) atoms. The van der Waals surface area contributed by atoms with Crippen LogP contribution in [0.25, 0.3) is 0 Å². The number of nitrogens with zero attached hydrogens (tertiary/aromatic N) is 2. The minimum atomic E-state index is 0.588. The van der Waals surface area contributed by atoms with E-state index in [2.05, 4.69) is 22.1 Å². The molecule has 1 N–H and O–H groups in total. The summed E-state index contributed by atoms with van der Waals surface area (Å²) in [6, 6.07) is 0. The molecular weight excluding hydrogens is 270 g/mol. The number of hydrogen-bond donors (Lipinski definition) is 1. The first-order chi connectivity index (χ1) is 10.3. The van der Waals surface area contributed by atoms with E-state index in [4.69, 9.17) is 14.2 Å². The van der Waals surface area contributed by atoms with Gasteiger partial charge in [0.15, 0.2) is 5.96 Å². The monoisotopic (exact) mass is 301 g/mol. The van der Waals surface area contributed by atoms with Crippen LogP contribution in [0.4, 0.5) is 0 Å². The zero-order chi connectivity index (χ0) is 15.3. The molecule has 1 atom stereocenters. The largest absolute Gasteiger partial charge is 0.385 e. The van der Waals surface area contributed by atoms with Crippen molar-refractivity contribution in [1.82, 2.24) is 10.2 Å².